The van der Waals surface area contributed by atoms with Crippen LogP contribution in [0.4, 0.5) is 17.6 Å². The van der Waals surface area contributed by atoms with E-state index in [1.54, 1.807) is 4.90 Å². The van der Waals surface area contributed by atoms with Crippen molar-refractivity contribution in [2.24, 2.45) is 0 Å². The molecule has 1 aromatic rings. The molecule has 0 aromatic heterocycles. The van der Waals surface area contributed by atoms with Gasteiger partial charge in [0.05, 0.1) is 19.8 Å². The number of alkyl halides is 4. The third kappa shape index (κ3) is 7.60. The number of nitrogens with zero attached hydrogens (tertiary/aromatic N) is 3. The molecule has 2 heterocycles. The molecule has 2 amide bonds. The van der Waals surface area contributed by atoms with Crippen LogP contribution < -0.4 is 9.47 Å². The van der Waals surface area contributed by atoms with Crippen molar-refractivity contribution < 1.29 is 41.4 Å². The summed E-state index contributed by atoms with van der Waals surface area (Å²) in [6, 6.07) is 3.30. The maximum atomic E-state index is 12.7. The van der Waals surface area contributed by atoms with Gasteiger partial charge in [-0.2, -0.15) is 17.6 Å². The number of rotatable bonds is 8. The van der Waals surface area contributed by atoms with Crippen LogP contribution in [0.15, 0.2) is 24.3 Å². The lowest BCUT2D eigenvalue weighted by Gasteiger charge is -2.36. The summed E-state index contributed by atoms with van der Waals surface area (Å²) in [6.07, 6.45) is 2.45. The molecule has 1 aromatic carbocycles. The number of ether oxygens (including phenoxy) is 3. The molecule has 2 saturated heterocycles. The van der Waals surface area contributed by atoms with Crippen molar-refractivity contribution in [2.75, 3.05) is 59.0 Å². The molecule has 0 aliphatic carbocycles. The quantitative estimate of drug-likeness (QED) is 0.423. The maximum absolute atomic E-state index is 12.7. The average molecular weight is 475 g/mol. The Morgan fingerprint density at radius 3 is 2.21 bits per heavy atom. The number of hydrogen-bond acceptors (Lipinski definition) is 6. The van der Waals surface area contributed by atoms with Crippen LogP contribution in [-0.2, 0) is 14.3 Å². The van der Waals surface area contributed by atoms with Crippen LogP contribution >= 0.6 is 0 Å². The van der Waals surface area contributed by atoms with Gasteiger partial charge in [-0.15, -0.1) is 0 Å². The van der Waals surface area contributed by atoms with Crippen molar-refractivity contribution in [3.63, 3.8) is 0 Å². The summed E-state index contributed by atoms with van der Waals surface area (Å²) in [5.41, 5.74) is 0.101. The van der Waals surface area contributed by atoms with Crippen LogP contribution in [0.1, 0.15) is 5.56 Å². The first-order chi connectivity index (χ1) is 15.8. The first kappa shape index (κ1) is 24.8. The predicted octanol–water partition coefficient (Wildman–Crippen LogP) is 1.91. The molecule has 33 heavy (non-hydrogen) atoms. The highest BCUT2D eigenvalue weighted by Gasteiger charge is 2.25. The minimum atomic E-state index is -3.18. The SMILES string of the molecule is O=C(/C=C/c1ccc(OC(F)F)cc1OC(F)F)N1CCN(C(=O)CN2CCOCC2)CC1. The summed E-state index contributed by atoms with van der Waals surface area (Å²) in [6.45, 7) is -1.91. The monoisotopic (exact) mass is 475 g/mol. The molecule has 0 N–H and O–H groups in total. The lowest BCUT2D eigenvalue weighted by molar-refractivity contribution is -0.138. The first-order valence-corrected chi connectivity index (χ1v) is 10.4. The lowest BCUT2D eigenvalue weighted by atomic mass is 10.1. The molecule has 3 rings (SSSR count). The predicted molar refractivity (Wildman–Crippen MR) is 109 cm³/mol. The highest BCUT2D eigenvalue weighted by molar-refractivity contribution is 5.92. The van der Waals surface area contributed by atoms with Crippen molar-refractivity contribution in [2.45, 2.75) is 13.2 Å². The molecule has 2 aliphatic heterocycles. The van der Waals surface area contributed by atoms with Crippen molar-refractivity contribution in [3.05, 3.63) is 29.8 Å². The molecule has 0 bridgehead atoms. The number of morpholine rings is 1. The van der Waals surface area contributed by atoms with Crippen LogP contribution in [0.25, 0.3) is 6.08 Å². The fourth-order valence-corrected chi connectivity index (χ4v) is 3.52. The van der Waals surface area contributed by atoms with Gasteiger partial charge in [-0.25, -0.2) is 0 Å². The third-order valence-corrected chi connectivity index (χ3v) is 5.24. The Labute approximate surface area is 188 Å². The van der Waals surface area contributed by atoms with Crippen molar-refractivity contribution in [1.82, 2.24) is 14.7 Å². The normalized spacial score (nSPS) is 17.8. The van der Waals surface area contributed by atoms with Crippen LogP contribution in [0.3, 0.4) is 0 Å². The summed E-state index contributed by atoms with van der Waals surface area (Å²) in [5.74, 6) is -1.11. The van der Waals surface area contributed by atoms with E-state index in [2.05, 4.69) is 9.47 Å². The van der Waals surface area contributed by atoms with E-state index < -0.39 is 19.0 Å². The van der Waals surface area contributed by atoms with Gasteiger partial charge in [0.2, 0.25) is 11.8 Å². The summed E-state index contributed by atoms with van der Waals surface area (Å²) in [4.78, 5) is 30.3. The van der Waals surface area contributed by atoms with Gasteiger partial charge in [0, 0.05) is 57.0 Å². The zero-order chi connectivity index (χ0) is 23.8. The number of hydrogen-bond donors (Lipinski definition) is 0. The minimum Gasteiger partial charge on any atom is -0.435 e. The van der Waals surface area contributed by atoms with Gasteiger partial charge in [-0.1, -0.05) is 0 Å². The van der Waals surface area contributed by atoms with E-state index in [-0.39, 0.29) is 23.1 Å². The number of carbonyl (C=O) groups is 2. The van der Waals surface area contributed by atoms with Gasteiger partial charge in [0.25, 0.3) is 0 Å². The van der Waals surface area contributed by atoms with Crippen molar-refractivity contribution in [1.29, 1.82) is 0 Å². The van der Waals surface area contributed by atoms with E-state index in [1.165, 1.54) is 23.1 Å². The third-order valence-electron chi connectivity index (χ3n) is 5.24. The van der Waals surface area contributed by atoms with Gasteiger partial charge < -0.3 is 24.0 Å². The Balaban J connectivity index is 1.54. The molecule has 0 spiro atoms. The topological polar surface area (TPSA) is 71.6 Å². The molecule has 12 heteroatoms. The zero-order valence-electron chi connectivity index (χ0n) is 17.8. The van der Waals surface area contributed by atoms with Crippen LogP contribution in [-0.4, -0.2) is 98.8 Å². The lowest BCUT2D eigenvalue weighted by Crippen LogP contribution is -2.53. The number of benzene rings is 1. The molecule has 0 saturated carbocycles. The molecule has 0 unspecified atom stereocenters. The Morgan fingerprint density at radius 2 is 1.58 bits per heavy atom. The number of carbonyl (C=O) groups excluding carboxylic acids is 2. The van der Waals surface area contributed by atoms with Gasteiger partial charge in [0.1, 0.15) is 11.5 Å². The summed E-state index contributed by atoms with van der Waals surface area (Å²) in [5, 5.41) is 0. The highest BCUT2D eigenvalue weighted by Crippen LogP contribution is 2.28. The number of amides is 2. The largest absolute Gasteiger partial charge is 0.435 e. The summed E-state index contributed by atoms with van der Waals surface area (Å²) < 4.78 is 63.9. The first-order valence-electron chi connectivity index (χ1n) is 10.4. The standard InChI is InChI=1S/C21H25F4N3O5/c22-20(23)32-16-3-1-15(17(13-16)33-21(24)25)2-4-18(29)27-5-7-28(8-6-27)19(30)14-26-9-11-31-12-10-26/h1-4,13,20-21H,5-12,14H2/b4-2+. The molecule has 0 atom stereocenters. The molecule has 182 valence electrons. The van der Waals surface area contributed by atoms with E-state index in [1.807, 2.05) is 4.90 Å². The minimum absolute atomic E-state index is 0.000521. The van der Waals surface area contributed by atoms with Crippen LogP contribution in [0.2, 0.25) is 0 Å². The van der Waals surface area contributed by atoms with Crippen molar-refractivity contribution >= 4 is 17.9 Å². The Kier molecular flexibility index (Phi) is 8.89. The highest BCUT2D eigenvalue weighted by atomic mass is 19.3. The van der Waals surface area contributed by atoms with E-state index >= 15 is 0 Å². The Bertz CT molecular complexity index is 841. The molecule has 2 aliphatic rings. The summed E-state index contributed by atoms with van der Waals surface area (Å²) in [7, 11) is 0. The average Bonchev–Trinajstić information content (AvgIpc) is 2.78. The zero-order valence-corrected chi connectivity index (χ0v) is 17.8. The molecular weight excluding hydrogens is 450 g/mol. The molecular formula is C21H25F4N3O5. The fourth-order valence-electron chi connectivity index (χ4n) is 3.52. The van der Waals surface area contributed by atoms with Gasteiger partial charge in [0.15, 0.2) is 0 Å². The number of halogens is 4. The molecule has 2 fully saturated rings. The van der Waals surface area contributed by atoms with E-state index in [9.17, 15) is 27.2 Å². The summed E-state index contributed by atoms with van der Waals surface area (Å²) >= 11 is 0. The maximum Gasteiger partial charge on any atom is 0.387 e. The van der Waals surface area contributed by atoms with E-state index in [0.29, 0.717) is 59.0 Å². The van der Waals surface area contributed by atoms with Gasteiger partial charge >= 0.3 is 13.2 Å². The Hall–Kier alpha value is -2.86. The second-order valence-electron chi connectivity index (χ2n) is 7.38. The second-order valence-corrected chi connectivity index (χ2v) is 7.38. The van der Waals surface area contributed by atoms with Crippen LogP contribution in [0, 0.1) is 0 Å². The smallest absolute Gasteiger partial charge is 0.387 e. The van der Waals surface area contributed by atoms with Gasteiger partial charge in [-0.3, -0.25) is 14.5 Å². The van der Waals surface area contributed by atoms with E-state index in [0.717, 1.165) is 12.1 Å². The van der Waals surface area contributed by atoms with Crippen LogP contribution in [0.5, 0.6) is 11.5 Å². The Morgan fingerprint density at radius 1 is 0.939 bits per heavy atom. The van der Waals surface area contributed by atoms with E-state index in [4.69, 9.17) is 4.74 Å². The molecule has 0 radical (unpaired) electrons. The number of piperazine rings is 1. The molecule has 8 nitrogen and oxygen atoms in total. The van der Waals surface area contributed by atoms with Gasteiger partial charge in [-0.05, 0) is 18.2 Å². The van der Waals surface area contributed by atoms with Crippen molar-refractivity contribution in [3.8, 4) is 11.5 Å². The fraction of sp³-hybridized carbons (Fsp3) is 0.524. The second kappa shape index (κ2) is 11.8.